The van der Waals surface area contributed by atoms with E-state index in [1.807, 2.05) is 0 Å². The first-order chi connectivity index (χ1) is 5.57. The lowest BCUT2D eigenvalue weighted by atomic mass is 10.4. The highest BCUT2D eigenvalue weighted by molar-refractivity contribution is 6.34. The van der Waals surface area contributed by atoms with Gasteiger partial charge in [0, 0.05) is 13.0 Å². The van der Waals surface area contributed by atoms with Crippen LogP contribution in [0.1, 0.15) is 6.42 Å². The fraction of sp³-hybridized carbons (Fsp3) is 0.400. The molecule has 0 bridgehead atoms. The monoisotopic (exact) mass is 174 g/mol. The second-order valence-corrected chi connectivity index (χ2v) is 1.95. The van der Waals surface area contributed by atoms with E-state index >= 15 is 0 Å². The van der Waals surface area contributed by atoms with Gasteiger partial charge in [-0.1, -0.05) is 0 Å². The van der Waals surface area contributed by atoms with E-state index in [1.54, 1.807) is 5.43 Å². The van der Waals surface area contributed by atoms with Crippen molar-refractivity contribution in [1.29, 1.82) is 0 Å². The van der Waals surface area contributed by atoms with Gasteiger partial charge >= 0.3 is 11.8 Å². The van der Waals surface area contributed by atoms with Gasteiger partial charge < -0.3 is 11.1 Å². The molecular weight excluding hydrogens is 164 g/mol. The molecule has 0 atom stereocenters. The standard InChI is InChI=1S/C5H10N4O3/c6-3(10)1-2-8-4(11)5(12)9-7/h1-2,7H2,(H2,6,10)(H,8,11)(H,9,12). The first-order valence-corrected chi connectivity index (χ1v) is 3.15. The average Bonchev–Trinajstić information content (AvgIpc) is 2.02. The minimum atomic E-state index is -0.959. The predicted molar refractivity (Wildman–Crippen MR) is 39.2 cm³/mol. The first kappa shape index (κ1) is 10.4. The van der Waals surface area contributed by atoms with Crippen molar-refractivity contribution in [2.45, 2.75) is 6.42 Å². The van der Waals surface area contributed by atoms with Gasteiger partial charge in [-0.3, -0.25) is 19.8 Å². The van der Waals surface area contributed by atoms with E-state index in [1.165, 1.54) is 0 Å². The number of rotatable bonds is 3. The van der Waals surface area contributed by atoms with Gasteiger partial charge in [0.15, 0.2) is 0 Å². The Morgan fingerprint density at radius 2 is 1.75 bits per heavy atom. The number of nitrogens with two attached hydrogens (primary N) is 2. The number of carbonyl (C=O) groups excluding carboxylic acids is 3. The summed E-state index contributed by atoms with van der Waals surface area (Å²) in [6.07, 6.45) is -0.0103. The van der Waals surface area contributed by atoms with Gasteiger partial charge in [0.05, 0.1) is 0 Å². The average molecular weight is 174 g/mol. The second-order valence-electron chi connectivity index (χ2n) is 1.95. The molecule has 68 valence electrons. The highest BCUT2D eigenvalue weighted by atomic mass is 16.2. The summed E-state index contributed by atoms with van der Waals surface area (Å²) >= 11 is 0. The molecule has 0 radical (unpaired) electrons. The van der Waals surface area contributed by atoms with Crippen LogP contribution in [0.2, 0.25) is 0 Å². The van der Waals surface area contributed by atoms with Crippen molar-refractivity contribution in [3.8, 4) is 0 Å². The van der Waals surface area contributed by atoms with E-state index in [-0.39, 0.29) is 13.0 Å². The summed E-state index contributed by atoms with van der Waals surface area (Å²) in [6.45, 7) is 0.0294. The number of hydrogen-bond donors (Lipinski definition) is 4. The summed E-state index contributed by atoms with van der Waals surface area (Å²) in [5.74, 6) is 2.25. The second kappa shape index (κ2) is 5.08. The molecule has 6 N–H and O–H groups in total. The Kier molecular flexibility index (Phi) is 4.39. The third-order valence-electron chi connectivity index (χ3n) is 0.994. The van der Waals surface area contributed by atoms with Gasteiger partial charge in [0.1, 0.15) is 0 Å². The number of hydrazine groups is 1. The number of hydrogen-bond acceptors (Lipinski definition) is 4. The number of carbonyl (C=O) groups is 3. The predicted octanol–water partition coefficient (Wildman–Crippen LogP) is -3.03. The Morgan fingerprint density at radius 1 is 1.17 bits per heavy atom. The smallest absolute Gasteiger partial charge is 0.323 e. The zero-order valence-corrected chi connectivity index (χ0v) is 6.29. The van der Waals surface area contributed by atoms with E-state index in [2.05, 4.69) is 11.2 Å². The van der Waals surface area contributed by atoms with Crippen molar-refractivity contribution in [1.82, 2.24) is 10.7 Å². The van der Waals surface area contributed by atoms with Crippen LogP contribution < -0.4 is 22.3 Å². The zero-order valence-electron chi connectivity index (χ0n) is 6.29. The van der Waals surface area contributed by atoms with Gasteiger partial charge in [0.2, 0.25) is 5.91 Å². The Morgan fingerprint density at radius 3 is 2.17 bits per heavy atom. The number of amides is 3. The van der Waals surface area contributed by atoms with E-state index in [0.717, 1.165) is 0 Å². The Labute approximate surface area is 68.4 Å². The molecule has 0 spiro atoms. The van der Waals surface area contributed by atoms with Crippen LogP contribution in [0.5, 0.6) is 0 Å². The molecule has 0 aromatic rings. The molecule has 0 aliphatic carbocycles. The Bertz CT molecular complexity index is 203. The normalized spacial score (nSPS) is 8.75. The van der Waals surface area contributed by atoms with Crippen LogP contribution in [-0.4, -0.2) is 24.3 Å². The lowest BCUT2D eigenvalue weighted by Gasteiger charge is -2.00. The maximum Gasteiger partial charge on any atom is 0.323 e. The maximum absolute atomic E-state index is 10.6. The topological polar surface area (TPSA) is 127 Å². The molecule has 7 heteroatoms. The molecule has 0 heterocycles. The molecule has 0 saturated carbocycles. The van der Waals surface area contributed by atoms with E-state index < -0.39 is 17.7 Å². The molecule has 0 aliphatic rings. The molecule has 3 amide bonds. The largest absolute Gasteiger partial charge is 0.370 e. The zero-order chi connectivity index (χ0) is 9.56. The van der Waals surface area contributed by atoms with Crippen LogP contribution in [0.15, 0.2) is 0 Å². The molecule has 12 heavy (non-hydrogen) atoms. The van der Waals surface area contributed by atoms with Crippen molar-refractivity contribution in [2.24, 2.45) is 11.6 Å². The molecular formula is C5H10N4O3. The number of primary amides is 1. The van der Waals surface area contributed by atoms with Gasteiger partial charge in [-0.15, -0.1) is 0 Å². The van der Waals surface area contributed by atoms with Gasteiger partial charge in [0.25, 0.3) is 0 Å². The molecule has 0 rings (SSSR count). The molecule has 0 saturated heterocycles. The molecule has 0 aliphatic heterocycles. The third-order valence-corrected chi connectivity index (χ3v) is 0.994. The summed E-state index contributed by atoms with van der Waals surface area (Å²) in [5.41, 5.74) is 6.41. The summed E-state index contributed by atoms with van der Waals surface area (Å²) in [4.78, 5) is 31.2. The summed E-state index contributed by atoms with van der Waals surface area (Å²) in [6, 6.07) is 0. The molecule has 0 unspecified atom stereocenters. The van der Waals surface area contributed by atoms with E-state index in [9.17, 15) is 14.4 Å². The fourth-order valence-electron chi connectivity index (χ4n) is 0.445. The molecule has 0 fully saturated rings. The van der Waals surface area contributed by atoms with Crippen molar-refractivity contribution >= 4 is 17.7 Å². The minimum absolute atomic E-state index is 0.0103. The highest BCUT2D eigenvalue weighted by Crippen LogP contribution is 1.73. The number of nitrogens with one attached hydrogen (secondary N) is 2. The Hall–Kier alpha value is -1.63. The van der Waals surface area contributed by atoms with Crippen LogP contribution in [0.25, 0.3) is 0 Å². The van der Waals surface area contributed by atoms with Crippen LogP contribution in [0.4, 0.5) is 0 Å². The van der Waals surface area contributed by atoms with Gasteiger partial charge in [-0.2, -0.15) is 0 Å². The minimum Gasteiger partial charge on any atom is -0.370 e. The quantitative estimate of drug-likeness (QED) is 0.157. The van der Waals surface area contributed by atoms with Crippen molar-refractivity contribution in [3.05, 3.63) is 0 Å². The summed E-state index contributed by atoms with van der Waals surface area (Å²) < 4.78 is 0. The van der Waals surface area contributed by atoms with E-state index in [0.29, 0.717) is 0 Å². The van der Waals surface area contributed by atoms with Crippen molar-refractivity contribution in [2.75, 3.05) is 6.54 Å². The molecule has 7 nitrogen and oxygen atoms in total. The van der Waals surface area contributed by atoms with Crippen molar-refractivity contribution in [3.63, 3.8) is 0 Å². The van der Waals surface area contributed by atoms with Gasteiger partial charge in [-0.25, -0.2) is 5.84 Å². The highest BCUT2D eigenvalue weighted by Gasteiger charge is 2.10. The summed E-state index contributed by atoms with van der Waals surface area (Å²) in [7, 11) is 0. The van der Waals surface area contributed by atoms with Crippen LogP contribution in [0, 0.1) is 0 Å². The molecule has 0 aromatic carbocycles. The lowest BCUT2D eigenvalue weighted by molar-refractivity contribution is -0.139. The van der Waals surface area contributed by atoms with Crippen LogP contribution in [0.3, 0.4) is 0 Å². The van der Waals surface area contributed by atoms with Crippen molar-refractivity contribution < 1.29 is 14.4 Å². The maximum atomic E-state index is 10.6. The van der Waals surface area contributed by atoms with Gasteiger partial charge in [-0.05, 0) is 0 Å². The lowest BCUT2D eigenvalue weighted by Crippen LogP contribution is -2.43. The van der Waals surface area contributed by atoms with Crippen LogP contribution in [-0.2, 0) is 14.4 Å². The third kappa shape index (κ3) is 4.23. The van der Waals surface area contributed by atoms with E-state index in [4.69, 9.17) is 5.73 Å². The SMILES string of the molecule is NNC(=O)C(=O)NCCC(N)=O. The molecule has 0 aromatic heterocycles. The summed E-state index contributed by atoms with van der Waals surface area (Å²) in [5, 5.41) is 2.13. The van der Waals surface area contributed by atoms with Crippen LogP contribution >= 0.6 is 0 Å². The fourth-order valence-corrected chi connectivity index (χ4v) is 0.445. The first-order valence-electron chi connectivity index (χ1n) is 3.15. The Balaban J connectivity index is 3.58.